The van der Waals surface area contributed by atoms with Crippen LogP contribution in [-0.4, -0.2) is 223 Å². The van der Waals surface area contributed by atoms with E-state index < -0.39 is 218 Å². The largest absolute Gasteiger partial charge is 0.508 e. The first kappa shape index (κ1) is 91.6. The minimum atomic E-state index is -1.90. The van der Waals surface area contributed by atoms with Gasteiger partial charge < -0.3 is 117 Å². The van der Waals surface area contributed by atoms with E-state index in [1.165, 1.54) is 24.3 Å². The van der Waals surface area contributed by atoms with E-state index in [9.17, 15) is 77.6 Å². The lowest BCUT2D eigenvalue weighted by molar-refractivity contribution is -0.139. The van der Waals surface area contributed by atoms with Crippen molar-refractivity contribution in [1.29, 1.82) is 5.41 Å². The van der Waals surface area contributed by atoms with Crippen molar-refractivity contribution in [1.82, 2.24) is 79.1 Å². The van der Waals surface area contributed by atoms with Gasteiger partial charge in [-0.3, -0.25) is 82.1 Å². The molecular formula is C72H100N20O19S2. The molecule has 0 spiro atoms. The van der Waals surface area contributed by atoms with Crippen molar-refractivity contribution in [3.63, 3.8) is 0 Å². The Labute approximate surface area is 659 Å². The second kappa shape index (κ2) is 45.3. The molecule has 41 heteroatoms. The zero-order chi connectivity index (χ0) is 83.8. The van der Waals surface area contributed by atoms with Crippen LogP contribution >= 0.6 is 25.3 Å². The number of rotatable bonds is 48. The van der Waals surface area contributed by atoms with E-state index in [0.717, 1.165) is 13.8 Å². The third kappa shape index (κ3) is 30.6. The quantitative estimate of drug-likeness (QED) is 0.00753. The van der Waals surface area contributed by atoms with Gasteiger partial charge in [-0.05, 0) is 92.3 Å². The van der Waals surface area contributed by atoms with Gasteiger partial charge in [0.1, 0.15) is 72.2 Å². The molecule has 15 amide bonds. The Balaban J connectivity index is 1.50. The van der Waals surface area contributed by atoms with E-state index in [1.807, 2.05) is 0 Å². The average Bonchev–Trinajstić information content (AvgIpc) is 1.69. The standard InChI is InChI=1S/C72H100N20O19S2/c1-35(2)15-20-47(63(103)84-49(22-24-59(99)100)64(104)89-53(29-57(74)97)61(101)81-32-58(75)98)85-67(107)51(27-39-30-79-44-12-7-5-10-42(39)44)88-66(106)50(26-38-16-18-41(95)19-17-38)87-70(110)55(34-113)91-62(102)46(14-9-25-78-72(76)77)83-68(108)52(28-40-31-80-45-13-8-6-11-43(40)45)90-71(111)60(36(3)93)92-65(105)48(21-23-56(73)96)86-69(109)54(33-112)82-37(4)94/h5-8,10-13,16-19,30-31,35-36,46-55,60,79-80,93,95,112-113H,9,14-15,20-29,32-34H2,1-4H3,(H2,73,96)(H2,74,97)(H2,75,98)(H,81,101)(H,82,94)(H,83,108)(H,84,103)(H,85,107)(H,86,109)(H,87,110)(H,88,106)(H,89,104)(H,90,111)(H,91,102)(H,92,105)(H,99,100)(H4,76,77,78)/t36-,46+,47+,48+,49+,50+,51+,52+,53+,54+,55+,60+/m1/s1. The predicted molar refractivity (Wildman–Crippen MR) is 417 cm³/mol. The first-order valence-electron chi connectivity index (χ1n) is 36.0. The summed E-state index contributed by atoms with van der Waals surface area (Å²) in [5.41, 5.74) is 23.9. The summed E-state index contributed by atoms with van der Waals surface area (Å²) in [7, 11) is 0. The molecule has 5 rings (SSSR count). The number of carbonyl (C=O) groups excluding carboxylic acids is 15. The number of hydrogen-bond acceptors (Lipinski definition) is 21. The van der Waals surface area contributed by atoms with Crippen molar-refractivity contribution in [2.45, 2.75) is 177 Å². The van der Waals surface area contributed by atoms with E-state index in [-0.39, 0.29) is 68.9 Å². The van der Waals surface area contributed by atoms with Crippen LogP contribution in [0.5, 0.6) is 5.75 Å². The number of carboxylic acid groups (broad SMARTS) is 1. The third-order valence-corrected chi connectivity index (χ3v) is 18.3. The minimum Gasteiger partial charge on any atom is -0.508 e. The summed E-state index contributed by atoms with van der Waals surface area (Å²) in [6.45, 7) is 5.12. The number of H-pyrrole nitrogens is 2. The van der Waals surface area contributed by atoms with Crippen LogP contribution in [0.15, 0.2) is 85.2 Å². The first-order chi connectivity index (χ1) is 53.5. The summed E-state index contributed by atoms with van der Waals surface area (Å²) in [5.74, 6) is -18.1. The number of aliphatic carboxylic acids is 1. The number of guanidine groups is 1. The van der Waals surface area contributed by atoms with E-state index >= 15 is 14.4 Å². The number of benzene rings is 3. The van der Waals surface area contributed by atoms with Crippen LogP contribution in [0.25, 0.3) is 21.8 Å². The van der Waals surface area contributed by atoms with E-state index in [0.29, 0.717) is 38.5 Å². The van der Waals surface area contributed by atoms with Crippen LogP contribution in [0.3, 0.4) is 0 Å². The fourth-order valence-electron chi connectivity index (χ4n) is 11.6. The second-order valence-electron chi connectivity index (χ2n) is 27.1. The lowest BCUT2D eigenvalue weighted by Crippen LogP contribution is -2.62. The van der Waals surface area contributed by atoms with Crippen LogP contribution in [0, 0.1) is 11.3 Å². The number of carbonyl (C=O) groups is 16. The van der Waals surface area contributed by atoms with Gasteiger partial charge >= 0.3 is 5.97 Å². The number of phenols is 1. The fourth-order valence-corrected chi connectivity index (χ4v) is 12.2. The number of thiol groups is 2. The number of aromatic hydroxyl groups is 1. The molecule has 0 aliphatic heterocycles. The predicted octanol–water partition coefficient (Wildman–Crippen LogP) is -4.72. The maximum absolute atomic E-state index is 15.2. The molecule has 0 unspecified atom stereocenters. The van der Waals surface area contributed by atoms with Crippen molar-refractivity contribution in [3.8, 4) is 5.75 Å². The van der Waals surface area contributed by atoms with E-state index in [1.54, 1.807) is 74.8 Å². The SMILES string of the molecule is CC(=O)N[C@@H](CS)C(=O)N[C@@H](CCC(N)=O)C(=O)N[C@H](C(=O)N[C@@H](Cc1c[nH]c2ccccc12)C(=O)N[C@@H](CCCNC(=N)N)C(=O)N[C@@H](CS)C(=O)N[C@@H](Cc1ccc(O)cc1)C(=O)N[C@@H](Cc1c[nH]c2ccccc12)C(=O)N[C@@H](CCC(C)C)C(=O)N[C@@H](CCC(=O)O)C(=O)N[C@@H](CC(N)=O)C(=O)NCC(N)=O)[C@@H](C)O. The van der Waals surface area contributed by atoms with Crippen molar-refractivity contribution < 1.29 is 92.0 Å². The van der Waals surface area contributed by atoms with Gasteiger partial charge in [0.05, 0.1) is 19.1 Å². The number of fused-ring (bicyclic) bond motifs is 2. The molecule has 27 N–H and O–H groups in total. The van der Waals surface area contributed by atoms with Gasteiger partial charge in [-0.2, -0.15) is 25.3 Å². The number of primary amides is 3. The first-order valence-corrected chi connectivity index (χ1v) is 37.2. The Bertz CT molecular complexity index is 4230. The fraction of sp³-hybridized carbons (Fsp3) is 0.458. The molecule has 5 aromatic rings. The highest BCUT2D eigenvalue weighted by atomic mass is 32.1. The summed E-state index contributed by atoms with van der Waals surface area (Å²) in [6.07, 6.45) is -2.77. The lowest BCUT2D eigenvalue weighted by atomic mass is 9.99. The topological polar surface area (TPSA) is 650 Å². The summed E-state index contributed by atoms with van der Waals surface area (Å²) in [5, 5.41) is 72.3. The van der Waals surface area contributed by atoms with E-state index in [2.05, 4.69) is 104 Å². The van der Waals surface area contributed by atoms with Crippen molar-refractivity contribution in [3.05, 3.63) is 102 Å². The number of aliphatic hydroxyl groups excluding tert-OH is 1. The summed E-state index contributed by atoms with van der Waals surface area (Å²) < 4.78 is 0. The third-order valence-electron chi connectivity index (χ3n) is 17.6. The van der Waals surface area contributed by atoms with Gasteiger partial charge in [-0.1, -0.05) is 62.4 Å². The van der Waals surface area contributed by atoms with Crippen molar-refractivity contribution >= 4 is 148 Å². The number of aromatic amines is 2. The van der Waals surface area contributed by atoms with Crippen molar-refractivity contribution in [2.75, 3.05) is 24.6 Å². The molecule has 113 heavy (non-hydrogen) atoms. The van der Waals surface area contributed by atoms with Gasteiger partial charge in [-0.25, -0.2) is 0 Å². The van der Waals surface area contributed by atoms with Gasteiger partial charge in [0, 0.05) is 91.3 Å². The number of aromatic nitrogens is 2. The normalized spacial score (nSPS) is 14.3. The zero-order valence-corrected chi connectivity index (χ0v) is 64.3. The molecule has 0 radical (unpaired) electrons. The molecule has 0 fully saturated rings. The number of amides is 15. The number of hydrogen-bond donors (Lipinski definition) is 25. The number of aliphatic hydroxyl groups is 1. The van der Waals surface area contributed by atoms with Gasteiger partial charge in [0.15, 0.2) is 5.96 Å². The van der Waals surface area contributed by atoms with Crippen LogP contribution in [0.1, 0.15) is 102 Å². The van der Waals surface area contributed by atoms with Gasteiger partial charge in [0.2, 0.25) is 88.6 Å². The smallest absolute Gasteiger partial charge is 0.303 e. The second-order valence-corrected chi connectivity index (χ2v) is 27.9. The minimum absolute atomic E-state index is 0.00276. The Morgan fingerprint density at radius 2 is 0.850 bits per heavy atom. The highest BCUT2D eigenvalue weighted by Crippen LogP contribution is 2.23. The maximum Gasteiger partial charge on any atom is 0.303 e. The molecule has 0 saturated carbocycles. The Morgan fingerprint density at radius 1 is 0.442 bits per heavy atom. The van der Waals surface area contributed by atoms with Gasteiger partial charge in [-0.15, -0.1) is 0 Å². The van der Waals surface area contributed by atoms with Crippen molar-refractivity contribution in [2.24, 2.45) is 28.9 Å². The lowest BCUT2D eigenvalue weighted by Gasteiger charge is -2.29. The van der Waals surface area contributed by atoms with Crippen LogP contribution in [-0.2, 0) is 96.0 Å². The summed E-state index contributed by atoms with van der Waals surface area (Å²) in [6, 6.07) is 1.19. The molecule has 614 valence electrons. The Hall–Kier alpha value is -12.0. The van der Waals surface area contributed by atoms with Gasteiger partial charge in [0.25, 0.3) is 0 Å². The molecule has 2 aromatic heterocycles. The highest BCUT2D eigenvalue weighted by molar-refractivity contribution is 7.80. The Kier molecular flexibility index (Phi) is 36.8. The average molecular weight is 1610 g/mol. The summed E-state index contributed by atoms with van der Waals surface area (Å²) >= 11 is 8.50. The molecule has 2 heterocycles. The molecule has 0 bridgehead atoms. The molecule has 39 nitrogen and oxygen atoms in total. The highest BCUT2D eigenvalue weighted by Gasteiger charge is 2.39. The summed E-state index contributed by atoms with van der Waals surface area (Å²) in [4.78, 5) is 224. The van der Waals surface area contributed by atoms with Crippen LogP contribution in [0.4, 0.5) is 0 Å². The molecule has 0 aliphatic carbocycles. The number of carboxylic acids is 1. The molecule has 3 aromatic carbocycles. The van der Waals surface area contributed by atoms with Crippen LogP contribution < -0.4 is 92.1 Å². The van der Waals surface area contributed by atoms with E-state index in [4.69, 9.17) is 28.3 Å². The number of nitrogens with two attached hydrogens (primary N) is 4. The molecule has 0 aliphatic rings. The molecular weight excluding hydrogens is 1510 g/mol. The molecule has 12 atom stereocenters. The molecule has 0 saturated heterocycles. The van der Waals surface area contributed by atoms with Crippen LogP contribution in [0.2, 0.25) is 0 Å². The number of nitrogens with one attached hydrogen (secondary N) is 16. The monoisotopic (exact) mass is 1610 g/mol. The maximum atomic E-state index is 15.2. The number of para-hydroxylation sites is 2. The Morgan fingerprint density at radius 3 is 1.29 bits per heavy atom. The number of phenolic OH excluding ortho intramolecular Hbond substituents is 1. The zero-order valence-electron chi connectivity index (χ0n) is 62.5.